The molecule has 134 valence electrons. The van der Waals surface area contributed by atoms with Gasteiger partial charge in [-0.3, -0.25) is 9.20 Å². The van der Waals surface area contributed by atoms with E-state index in [1.807, 2.05) is 25.1 Å². The van der Waals surface area contributed by atoms with Gasteiger partial charge in [0.05, 0.1) is 17.4 Å². The van der Waals surface area contributed by atoms with Gasteiger partial charge >= 0.3 is 0 Å². The second-order valence-electron chi connectivity index (χ2n) is 6.41. The number of aryl methyl sites for hydroxylation is 1. The first kappa shape index (κ1) is 16.5. The van der Waals surface area contributed by atoms with Crippen molar-refractivity contribution in [2.24, 2.45) is 0 Å². The third-order valence-electron chi connectivity index (χ3n) is 4.39. The molecule has 1 aromatic carbocycles. The van der Waals surface area contributed by atoms with Crippen LogP contribution in [0.5, 0.6) is 5.75 Å². The molecule has 2 aromatic heterocycles. The van der Waals surface area contributed by atoms with Gasteiger partial charge in [-0.25, -0.2) is 0 Å². The zero-order valence-corrected chi connectivity index (χ0v) is 14.5. The summed E-state index contributed by atoms with van der Waals surface area (Å²) < 4.78 is 13.2. The molecule has 4 rings (SSSR count). The minimum Gasteiger partial charge on any atom is -0.489 e. The fraction of sp³-hybridized carbons (Fsp3) is 0.316. The number of carbonyl (C=O) groups is 1. The summed E-state index contributed by atoms with van der Waals surface area (Å²) in [5.74, 6) is 0.436. The van der Waals surface area contributed by atoms with Crippen LogP contribution in [-0.2, 0) is 4.74 Å². The van der Waals surface area contributed by atoms with Crippen LogP contribution in [0.3, 0.4) is 0 Å². The van der Waals surface area contributed by atoms with Crippen LogP contribution in [-0.4, -0.2) is 39.8 Å². The Morgan fingerprint density at radius 2 is 2.31 bits per heavy atom. The molecular weight excluding hydrogens is 332 g/mol. The fourth-order valence-electron chi connectivity index (χ4n) is 2.97. The summed E-state index contributed by atoms with van der Waals surface area (Å²) in [6.45, 7) is 3.26. The first-order valence-corrected chi connectivity index (χ1v) is 8.65. The Labute approximate surface area is 151 Å². The van der Waals surface area contributed by atoms with Crippen LogP contribution in [0.25, 0.3) is 5.65 Å². The molecule has 0 bridgehead atoms. The molecule has 0 spiro atoms. The van der Waals surface area contributed by atoms with Gasteiger partial charge < -0.3 is 14.8 Å². The van der Waals surface area contributed by atoms with Crippen LogP contribution in [0.2, 0.25) is 0 Å². The topological polar surface area (TPSA) is 77.8 Å². The SMILES string of the molecule is Cc1ccc(NC(=O)c2ccc3nncn3c2)c(OCC2CCCO2)c1. The van der Waals surface area contributed by atoms with Crippen molar-refractivity contribution >= 4 is 17.2 Å². The molecule has 7 nitrogen and oxygen atoms in total. The van der Waals surface area contributed by atoms with Gasteiger partial charge in [0.1, 0.15) is 18.7 Å². The molecule has 0 aliphatic carbocycles. The number of nitrogens with zero attached hydrogens (tertiary/aromatic N) is 3. The molecule has 26 heavy (non-hydrogen) atoms. The number of carbonyl (C=O) groups excluding carboxylic acids is 1. The van der Waals surface area contributed by atoms with E-state index in [0.717, 1.165) is 25.0 Å². The molecule has 1 unspecified atom stereocenters. The summed E-state index contributed by atoms with van der Waals surface area (Å²) in [6.07, 6.45) is 5.46. The molecule has 3 heterocycles. The molecule has 1 aliphatic rings. The Balaban J connectivity index is 1.51. The minimum absolute atomic E-state index is 0.121. The lowest BCUT2D eigenvalue weighted by atomic mass is 10.2. The second-order valence-corrected chi connectivity index (χ2v) is 6.41. The molecule has 1 saturated heterocycles. The first-order valence-electron chi connectivity index (χ1n) is 8.65. The number of amides is 1. The van der Waals surface area contributed by atoms with Crippen molar-refractivity contribution in [1.29, 1.82) is 0 Å². The average Bonchev–Trinajstić information content (AvgIpc) is 3.32. The van der Waals surface area contributed by atoms with Crippen LogP contribution in [0, 0.1) is 6.92 Å². The Bertz CT molecular complexity index is 931. The zero-order chi connectivity index (χ0) is 17.9. The highest BCUT2D eigenvalue weighted by molar-refractivity contribution is 6.05. The molecule has 3 aromatic rings. The molecule has 1 N–H and O–H groups in total. The van der Waals surface area contributed by atoms with E-state index < -0.39 is 0 Å². The summed E-state index contributed by atoms with van der Waals surface area (Å²) >= 11 is 0. The largest absolute Gasteiger partial charge is 0.489 e. The predicted molar refractivity (Wildman–Crippen MR) is 96.6 cm³/mol. The highest BCUT2D eigenvalue weighted by atomic mass is 16.5. The van der Waals surface area contributed by atoms with E-state index in [1.54, 1.807) is 29.1 Å². The van der Waals surface area contributed by atoms with Crippen molar-refractivity contribution in [2.75, 3.05) is 18.5 Å². The molecule has 0 saturated carbocycles. The Morgan fingerprint density at radius 3 is 3.15 bits per heavy atom. The number of pyridine rings is 1. The van der Waals surface area contributed by atoms with E-state index in [9.17, 15) is 4.79 Å². The highest BCUT2D eigenvalue weighted by Gasteiger charge is 2.18. The minimum atomic E-state index is -0.216. The van der Waals surface area contributed by atoms with Crippen molar-refractivity contribution in [3.63, 3.8) is 0 Å². The maximum Gasteiger partial charge on any atom is 0.257 e. The molecule has 1 atom stereocenters. The molecule has 7 heteroatoms. The normalized spacial score (nSPS) is 16.7. The summed E-state index contributed by atoms with van der Waals surface area (Å²) in [4.78, 5) is 12.6. The third kappa shape index (κ3) is 3.52. The van der Waals surface area contributed by atoms with Crippen molar-refractivity contribution in [2.45, 2.75) is 25.9 Å². The van der Waals surface area contributed by atoms with E-state index in [2.05, 4.69) is 15.5 Å². The number of rotatable bonds is 5. The maximum absolute atomic E-state index is 12.6. The summed E-state index contributed by atoms with van der Waals surface area (Å²) in [5, 5.41) is 10.7. The van der Waals surface area contributed by atoms with Crippen LogP contribution in [0.1, 0.15) is 28.8 Å². The van der Waals surface area contributed by atoms with Gasteiger partial charge in [0.25, 0.3) is 5.91 Å². The Kier molecular flexibility index (Phi) is 4.53. The molecule has 0 radical (unpaired) electrons. The van der Waals surface area contributed by atoms with Gasteiger partial charge in [0.15, 0.2) is 5.65 Å². The van der Waals surface area contributed by atoms with Gasteiger partial charge in [-0.2, -0.15) is 0 Å². The van der Waals surface area contributed by atoms with Gasteiger partial charge in [0.2, 0.25) is 0 Å². The van der Waals surface area contributed by atoms with E-state index >= 15 is 0 Å². The smallest absolute Gasteiger partial charge is 0.257 e. The van der Waals surface area contributed by atoms with E-state index in [1.165, 1.54) is 0 Å². The Morgan fingerprint density at radius 1 is 1.38 bits per heavy atom. The zero-order valence-electron chi connectivity index (χ0n) is 14.5. The van der Waals surface area contributed by atoms with Gasteiger partial charge in [-0.05, 0) is 49.6 Å². The van der Waals surface area contributed by atoms with E-state index in [0.29, 0.717) is 29.3 Å². The molecular formula is C19H20N4O3. The van der Waals surface area contributed by atoms with Crippen LogP contribution >= 0.6 is 0 Å². The summed E-state index contributed by atoms with van der Waals surface area (Å²) in [5.41, 5.74) is 2.92. The lowest BCUT2D eigenvalue weighted by Crippen LogP contribution is -2.18. The number of fused-ring (bicyclic) bond motifs is 1. The predicted octanol–water partition coefficient (Wildman–Crippen LogP) is 2.85. The fourth-order valence-corrected chi connectivity index (χ4v) is 2.97. The van der Waals surface area contributed by atoms with Crippen LogP contribution in [0.15, 0.2) is 42.9 Å². The van der Waals surface area contributed by atoms with Crippen LogP contribution < -0.4 is 10.1 Å². The number of hydrogen-bond donors (Lipinski definition) is 1. The molecule has 1 aliphatic heterocycles. The highest BCUT2D eigenvalue weighted by Crippen LogP contribution is 2.27. The summed E-state index contributed by atoms with van der Waals surface area (Å²) in [6, 6.07) is 9.20. The maximum atomic E-state index is 12.6. The van der Waals surface area contributed by atoms with Gasteiger partial charge in [0, 0.05) is 12.8 Å². The van der Waals surface area contributed by atoms with Crippen molar-refractivity contribution in [1.82, 2.24) is 14.6 Å². The summed E-state index contributed by atoms with van der Waals surface area (Å²) in [7, 11) is 0. The molecule has 1 amide bonds. The number of benzene rings is 1. The number of hydrogen-bond acceptors (Lipinski definition) is 5. The van der Waals surface area contributed by atoms with Crippen molar-refractivity contribution in [3.05, 3.63) is 54.0 Å². The molecule has 1 fully saturated rings. The number of nitrogens with one attached hydrogen (secondary N) is 1. The average molecular weight is 352 g/mol. The monoisotopic (exact) mass is 352 g/mol. The van der Waals surface area contributed by atoms with E-state index in [-0.39, 0.29) is 12.0 Å². The van der Waals surface area contributed by atoms with Gasteiger partial charge in [-0.15, -0.1) is 10.2 Å². The van der Waals surface area contributed by atoms with E-state index in [4.69, 9.17) is 9.47 Å². The standard InChI is InChI=1S/C19H20N4O3/c1-13-4-6-16(17(9-13)26-11-15-3-2-8-25-15)21-19(24)14-5-7-18-22-20-12-23(18)10-14/h4-7,9-10,12,15H,2-3,8,11H2,1H3,(H,21,24). The lowest BCUT2D eigenvalue weighted by Gasteiger charge is -2.16. The van der Waals surface area contributed by atoms with Crippen LogP contribution in [0.4, 0.5) is 5.69 Å². The first-order chi connectivity index (χ1) is 12.7. The van der Waals surface area contributed by atoms with Crippen molar-refractivity contribution < 1.29 is 14.3 Å². The lowest BCUT2D eigenvalue weighted by molar-refractivity contribution is 0.0681. The number of aromatic nitrogens is 3. The Hall–Kier alpha value is -2.93. The number of anilines is 1. The van der Waals surface area contributed by atoms with Gasteiger partial charge in [-0.1, -0.05) is 6.07 Å². The van der Waals surface area contributed by atoms with Crippen molar-refractivity contribution in [3.8, 4) is 5.75 Å². The third-order valence-corrected chi connectivity index (χ3v) is 4.39. The quantitative estimate of drug-likeness (QED) is 0.764. The number of ether oxygens (including phenoxy) is 2. The second kappa shape index (κ2) is 7.13.